The van der Waals surface area contributed by atoms with Crippen LogP contribution in [0.15, 0.2) is 36.5 Å². The Morgan fingerprint density at radius 3 is 2.52 bits per heavy atom. The highest BCUT2D eigenvalue weighted by Gasteiger charge is 2.44. The number of carbonyl (C=O) groups is 2. The van der Waals surface area contributed by atoms with Gasteiger partial charge in [0.15, 0.2) is 0 Å². The van der Waals surface area contributed by atoms with Crippen molar-refractivity contribution in [3.63, 3.8) is 0 Å². The maximum Gasteiger partial charge on any atom is 0.417 e. The van der Waals surface area contributed by atoms with Crippen molar-refractivity contribution in [1.29, 1.82) is 0 Å². The molecule has 4 rings (SSSR count). The van der Waals surface area contributed by atoms with Gasteiger partial charge < -0.3 is 9.80 Å². The summed E-state index contributed by atoms with van der Waals surface area (Å²) in [6.07, 6.45) is 3.76. The summed E-state index contributed by atoms with van der Waals surface area (Å²) in [7, 11) is 1.74. The number of anilines is 1. The van der Waals surface area contributed by atoms with Crippen molar-refractivity contribution in [2.24, 2.45) is 11.3 Å². The van der Waals surface area contributed by atoms with Gasteiger partial charge in [-0.1, -0.05) is 38.1 Å². The van der Waals surface area contributed by atoms with Gasteiger partial charge in [-0.25, -0.2) is 0 Å². The number of pyridine rings is 1. The average Bonchev–Trinajstić information content (AvgIpc) is 2.92. The lowest BCUT2D eigenvalue weighted by Gasteiger charge is -2.45. The first-order chi connectivity index (χ1) is 19.0. The topological polar surface area (TPSA) is 56.8 Å². The molecule has 0 spiro atoms. The van der Waals surface area contributed by atoms with Crippen molar-refractivity contribution >= 4 is 24.1 Å². The Balaban J connectivity index is 1.48. The van der Waals surface area contributed by atoms with Crippen LogP contribution in [0.3, 0.4) is 0 Å². The van der Waals surface area contributed by atoms with Gasteiger partial charge in [-0.3, -0.25) is 19.5 Å². The van der Waals surface area contributed by atoms with Crippen molar-refractivity contribution < 1.29 is 22.8 Å². The van der Waals surface area contributed by atoms with E-state index in [4.69, 9.17) is 0 Å². The minimum atomic E-state index is -4.46. The molecule has 0 bridgehead atoms. The summed E-state index contributed by atoms with van der Waals surface area (Å²) >= 11 is 0. The van der Waals surface area contributed by atoms with Crippen LogP contribution < -0.4 is 4.90 Å². The predicted octanol–water partition coefficient (Wildman–Crippen LogP) is 5.94. The molecule has 2 amide bonds. The maximum atomic E-state index is 14.0. The number of piperidine rings is 1. The SMILES string of the molecule is C/C=C\c1ccc(CN2CCC(CC(C)C)(C(=O)N3CCc4ncc(C(F)(F)F)cc4C3)CC2)cc1N(C)C=O. The lowest BCUT2D eigenvalue weighted by Crippen LogP contribution is -2.51. The Hall–Kier alpha value is -3.20. The quantitative estimate of drug-likeness (QED) is 0.378. The number of hydrogen-bond acceptors (Lipinski definition) is 4. The van der Waals surface area contributed by atoms with E-state index in [1.807, 2.05) is 31.2 Å². The monoisotopic (exact) mass is 556 g/mol. The van der Waals surface area contributed by atoms with Crippen LogP contribution in [0, 0.1) is 11.3 Å². The highest BCUT2D eigenvalue weighted by Crippen LogP contribution is 2.41. The molecule has 9 heteroatoms. The smallest absolute Gasteiger partial charge is 0.337 e. The van der Waals surface area contributed by atoms with E-state index >= 15 is 0 Å². The first kappa shape index (κ1) is 29.8. The number of carbonyl (C=O) groups excluding carboxylic acids is 2. The normalized spacial score (nSPS) is 17.8. The molecular formula is C31H39F3N4O2. The Morgan fingerprint density at radius 2 is 1.90 bits per heavy atom. The number of halogens is 3. The van der Waals surface area contributed by atoms with Crippen molar-refractivity contribution in [2.75, 3.05) is 31.6 Å². The molecule has 40 heavy (non-hydrogen) atoms. The maximum absolute atomic E-state index is 14.0. The molecule has 1 fully saturated rings. The van der Waals surface area contributed by atoms with Crippen LogP contribution in [0.1, 0.15) is 68.0 Å². The van der Waals surface area contributed by atoms with Gasteiger partial charge in [-0.2, -0.15) is 13.2 Å². The summed E-state index contributed by atoms with van der Waals surface area (Å²) in [5.41, 5.74) is 2.75. The van der Waals surface area contributed by atoms with Crippen LogP contribution in [0.25, 0.3) is 6.08 Å². The van der Waals surface area contributed by atoms with E-state index in [0.29, 0.717) is 49.5 Å². The van der Waals surface area contributed by atoms with Gasteiger partial charge in [-0.15, -0.1) is 0 Å². The van der Waals surface area contributed by atoms with E-state index in [0.717, 1.165) is 55.0 Å². The summed E-state index contributed by atoms with van der Waals surface area (Å²) in [6.45, 7) is 9.02. The minimum Gasteiger partial charge on any atom is -0.337 e. The van der Waals surface area contributed by atoms with Crippen molar-refractivity contribution in [3.05, 3.63) is 64.5 Å². The Bertz CT molecular complexity index is 1250. The standard InChI is InChI=1S/C31H39F3N4O2/c1-5-6-24-8-7-23(15-28(24)36(4)21-39)19-37-13-10-30(11-14-37,17-22(2)3)29(40)38-12-9-27-25(20-38)16-26(18-35-27)31(32,33)34/h5-8,15-16,18,21-22H,9-14,17,19-20H2,1-4H3/b6-5-. The first-order valence-corrected chi connectivity index (χ1v) is 14.0. The van der Waals surface area contributed by atoms with E-state index in [9.17, 15) is 22.8 Å². The molecular weight excluding hydrogens is 517 g/mol. The summed E-state index contributed by atoms with van der Waals surface area (Å²) in [5.74, 6) is 0.362. The summed E-state index contributed by atoms with van der Waals surface area (Å²) in [5, 5.41) is 0. The second-order valence-corrected chi connectivity index (χ2v) is 11.6. The molecule has 2 aliphatic rings. The van der Waals surface area contributed by atoms with Gasteiger partial charge in [0, 0.05) is 45.0 Å². The molecule has 3 heterocycles. The number of nitrogens with zero attached hydrogens (tertiary/aromatic N) is 4. The molecule has 0 unspecified atom stereocenters. The fourth-order valence-corrected chi connectivity index (χ4v) is 6.14. The van der Waals surface area contributed by atoms with Crippen molar-refractivity contribution in [1.82, 2.24) is 14.8 Å². The largest absolute Gasteiger partial charge is 0.417 e. The van der Waals surface area contributed by atoms with Crippen molar-refractivity contribution in [3.8, 4) is 0 Å². The van der Waals surface area contributed by atoms with E-state index in [1.165, 1.54) is 0 Å². The lowest BCUT2D eigenvalue weighted by atomic mass is 9.71. The van der Waals surface area contributed by atoms with Crippen LogP contribution in [-0.4, -0.2) is 53.8 Å². The van der Waals surface area contributed by atoms with Gasteiger partial charge in [0.05, 0.1) is 16.7 Å². The molecule has 2 aromatic rings. The van der Waals surface area contributed by atoms with Gasteiger partial charge in [0.2, 0.25) is 12.3 Å². The van der Waals surface area contributed by atoms with Gasteiger partial charge in [0.25, 0.3) is 0 Å². The Morgan fingerprint density at radius 1 is 1.18 bits per heavy atom. The van der Waals surface area contributed by atoms with E-state index in [2.05, 4.69) is 29.8 Å². The zero-order valence-electron chi connectivity index (χ0n) is 23.8. The Labute approximate surface area is 234 Å². The van der Waals surface area contributed by atoms with Gasteiger partial charge >= 0.3 is 6.18 Å². The van der Waals surface area contributed by atoms with Crippen LogP contribution in [0.2, 0.25) is 0 Å². The van der Waals surface area contributed by atoms with Crippen LogP contribution >= 0.6 is 0 Å². The first-order valence-electron chi connectivity index (χ1n) is 14.0. The fourth-order valence-electron chi connectivity index (χ4n) is 6.14. The van der Waals surface area contributed by atoms with Crippen LogP contribution in [0.4, 0.5) is 18.9 Å². The molecule has 1 saturated heterocycles. The summed E-state index contributed by atoms with van der Waals surface area (Å²) < 4.78 is 39.9. The molecule has 216 valence electrons. The number of rotatable bonds is 8. The third kappa shape index (κ3) is 6.57. The van der Waals surface area contributed by atoms with E-state index in [-0.39, 0.29) is 12.5 Å². The fraction of sp³-hybridized carbons (Fsp3) is 0.516. The molecule has 0 N–H and O–H groups in total. The molecule has 1 aromatic heterocycles. The average molecular weight is 557 g/mol. The lowest BCUT2D eigenvalue weighted by molar-refractivity contribution is -0.147. The third-order valence-corrected chi connectivity index (χ3v) is 8.11. The number of fused-ring (bicyclic) bond motifs is 1. The van der Waals surface area contributed by atoms with Gasteiger partial charge in [0.1, 0.15) is 0 Å². The highest BCUT2D eigenvalue weighted by atomic mass is 19.4. The number of allylic oxidation sites excluding steroid dienone is 1. The zero-order chi connectivity index (χ0) is 29.1. The van der Waals surface area contributed by atoms with Crippen LogP contribution in [-0.2, 0) is 35.3 Å². The number of aromatic nitrogens is 1. The highest BCUT2D eigenvalue weighted by molar-refractivity contribution is 5.83. The Kier molecular flexibility index (Phi) is 9.02. The second-order valence-electron chi connectivity index (χ2n) is 11.6. The summed E-state index contributed by atoms with van der Waals surface area (Å²) in [4.78, 5) is 35.2. The number of hydrogen-bond donors (Lipinski definition) is 0. The molecule has 0 aliphatic carbocycles. The molecule has 0 radical (unpaired) electrons. The van der Waals surface area contributed by atoms with Gasteiger partial charge in [-0.05, 0) is 74.0 Å². The molecule has 0 atom stereocenters. The minimum absolute atomic E-state index is 0.0505. The number of amides is 2. The van der Waals surface area contributed by atoms with Crippen LogP contribution in [0.5, 0.6) is 0 Å². The number of benzene rings is 1. The number of alkyl halides is 3. The van der Waals surface area contributed by atoms with Crippen molar-refractivity contribution in [2.45, 2.75) is 65.7 Å². The van der Waals surface area contributed by atoms with E-state index in [1.54, 1.807) is 16.8 Å². The molecule has 1 aromatic carbocycles. The number of likely N-dealkylation sites (tertiary alicyclic amines) is 1. The third-order valence-electron chi connectivity index (χ3n) is 8.11. The molecule has 0 saturated carbocycles. The second kappa shape index (κ2) is 12.1. The summed E-state index contributed by atoms with van der Waals surface area (Å²) in [6, 6.07) is 7.29. The molecule has 2 aliphatic heterocycles. The zero-order valence-corrected chi connectivity index (χ0v) is 23.8. The molecule has 6 nitrogen and oxygen atoms in total. The predicted molar refractivity (Wildman–Crippen MR) is 150 cm³/mol. The van der Waals surface area contributed by atoms with E-state index < -0.39 is 17.2 Å².